The third-order valence-corrected chi connectivity index (χ3v) is 4.04. The number of fused-ring (bicyclic) bond motifs is 1. The molecule has 0 amide bonds. The maximum Gasteiger partial charge on any atom is 0.0558 e. The topological polar surface area (TPSA) is 55.7 Å². The summed E-state index contributed by atoms with van der Waals surface area (Å²) in [6, 6.07) is 6.99. The first-order valence-electron chi connectivity index (χ1n) is 7.56. The van der Waals surface area contributed by atoms with E-state index in [1.807, 2.05) is 0 Å². The van der Waals surface area contributed by atoms with Crippen LogP contribution in [0.5, 0.6) is 0 Å². The first kappa shape index (κ1) is 15.3. The van der Waals surface area contributed by atoms with Crippen molar-refractivity contribution >= 4 is 5.69 Å². The minimum absolute atomic E-state index is 0.137. The minimum Gasteiger partial charge on any atom is -0.395 e. The summed E-state index contributed by atoms with van der Waals surface area (Å²) in [7, 11) is 0. The van der Waals surface area contributed by atoms with Crippen molar-refractivity contribution in [2.24, 2.45) is 0 Å². The van der Waals surface area contributed by atoms with Gasteiger partial charge in [-0.05, 0) is 43.4 Å². The van der Waals surface area contributed by atoms with Gasteiger partial charge in [-0.15, -0.1) is 0 Å². The fourth-order valence-electron chi connectivity index (χ4n) is 2.93. The maximum absolute atomic E-state index is 9.10. The van der Waals surface area contributed by atoms with E-state index in [9.17, 15) is 0 Å². The van der Waals surface area contributed by atoms with E-state index in [0.717, 1.165) is 19.4 Å². The van der Waals surface area contributed by atoms with Crippen LogP contribution in [0.1, 0.15) is 24.5 Å². The summed E-state index contributed by atoms with van der Waals surface area (Å²) in [6.07, 6.45) is 3.31. The number of aliphatic hydroxyl groups is 2. The highest BCUT2D eigenvalue weighted by molar-refractivity contribution is 5.54. The van der Waals surface area contributed by atoms with Gasteiger partial charge < -0.3 is 15.5 Å². The molecule has 0 radical (unpaired) electrons. The Morgan fingerprint density at radius 1 is 1.25 bits per heavy atom. The largest absolute Gasteiger partial charge is 0.395 e. The third-order valence-electron chi connectivity index (χ3n) is 4.04. The Kier molecular flexibility index (Phi) is 5.83. The molecule has 1 atom stereocenters. The van der Waals surface area contributed by atoms with Gasteiger partial charge in [0.15, 0.2) is 0 Å². The molecule has 0 aliphatic carbocycles. The van der Waals surface area contributed by atoms with Gasteiger partial charge in [0.1, 0.15) is 0 Å². The lowest BCUT2D eigenvalue weighted by Gasteiger charge is -2.28. The molecule has 4 nitrogen and oxygen atoms in total. The van der Waals surface area contributed by atoms with Crippen molar-refractivity contribution in [1.29, 1.82) is 0 Å². The molecule has 0 fully saturated rings. The number of aliphatic hydroxyl groups excluding tert-OH is 2. The summed E-state index contributed by atoms with van der Waals surface area (Å²) in [4.78, 5) is 2.14. The summed E-state index contributed by atoms with van der Waals surface area (Å²) >= 11 is 0. The molecular weight excluding hydrogens is 252 g/mol. The molecule has 4 heteroatoms. The Morgan fingerprint density at radius 2 is 2.00 bits per heavy atom. The van der Waals surface area contributed by atoms with Crippen LogP contribution in [0.4, 0.5) is 5.69 Å². The number of anilines is 1. The molecule has 0 saturated heterocycles. The Balaban J connectivity index is 2.00. The van der Waals surface area contributed by atoms with Crippen LogP contribution in [-0.2, 0) is 12.8 Å². The summed E-state index contributed by atoms with van der Waals surface area (Å²) < 4.78 is 0. The molecule has 1 aliphatic rings. The molecule has 2 rings (SSSR count). The lowest BCUT2D eigenvalue weighted by atomic mass is 9.97. The molecule has 1 unspecified atom stereocenters. The van der Waals surface area contributed by atoms with Crippen molar-refractivity contribution in [3.8, 4) is 0 Å². The second-order valence-electron chi connectivity index (χ2n) is 5.56. The molecule has 0 saturated carbocycles. The zero-order valence-electron chi connectivity index (χ0n) is 12.3. The summed E-state index contributed by atoms with van der Waals surface area (Å²) in [5.74, 6) is 0. The predicted molar refractivity (Wildman–Crippen MR) is 82.2 cm³/mol. The number of hydrogen-bond acceptors (Lipinski definition) is 4. The van der Waals surface area contributed by atoms with Gasteiger partial charge in [0, 0.05) is 31.4 Å². The fourth-order valence-corrected chi connectivity index (χ4v) is 2.93. The van der Waals surface area contributed by atoms with E-state index < -0.39 is 0 Å². The Hall–Kier alpha value is -1.10. The summed E-state index contributed by atoms with van der Waals surface area (Å²) in [5.41, 5.74) is 4.02. The number of rotatable bonds is 7. The Morgan fingerprint density at radius 3 is 2.70 bits per heavy atom. The number of aryl methyl sites for hydroxylation is 1. The maximum atomic E-state index is 9.10. The van der Waals surface area contributed by atoms with E-state index in [0.29, 0.717) is 19.1 Å². The van der Waals surface area contributed by atoms with E-state index in [-0.39, 0.29) is 13.2 Å². The lowest BCUT2D eigenvalue weighted by molar-refractivity contribution is 0.128. The van der Waals surface area contributed by atoms with Crippen LogP contribution in [0.15, 0.2) is 18.2 Å². The highest BCUT2D eigenvalue weighted by Crippen LogP contribution is 2.23. The van der Waals surface area contributed by atoms with Gasteiger partial charge in [-0.25, -0.2) is 0 Å². The quantitative estimate of drug-likeness (QED) is 0.703. The van der Waals surface area contributed by atoms with Gasteiger partial charge in [0.05, 0.1) is 13.2 Å². The molecule has 0 spiro atoms. The van der Waals surface area contributed by atoms with Crippen molar-refractivity contribution in [3.05, 3.63) is 29.3 Å². The third kappa shape index (κ3) is 3.95. The number of benzene rings is 1. The van der Waals surface area contributed by atoms with Crippen LogP contribution < -0.4 is 5.32 Å². The normalized spacial score (nSPS) is 15.8. The van der Waals surface area contributed by atoms with E-state index in [1.54, 1.807) is 0 Å². The molecule has 1 heterocycles. The number of hydrogen-bond donors (Lipinski definition) is 3. The van der Waals surface area contributed by atoms with Crippen LogP contribution in [0, 0.1) is 0 Å². The number of nitrogens with one attached hydrogen (secondary N) is 1. The van der Waals surface area contributed by atoms with E-state index in [1.165, 1.54) is 23.2 Å². The van der Waals surface area contributed by atoms with E-state index >= 15 is 0 Å². The Labute approximate surface area is 121 Å². The standard InChI is InChI=1S/C16H26N2O2/c1-13(18(7-9-19)8-10-20)11-14-4-5-16-15(12-14)3-2-6-17-16/h4-5,12-13,17,19-20H,2-3,6-11H2,1H3. The van der Waals surface area contributed by atoms with Crippen LogP contribution in [-0.4, -0.2) is 54.0 Å². The summed E-state index contributed by atoms with van der Waals surface area (Å²) in [5, 5.41) is 21.6. The zero-order valence-corrected chi connectivity index (χ0v) is 12.3. The highest BCUT2D eigenvalue weighted by Gasteiger charge is 2.15. The highest BCUT2D eigenvalue weighted by atomic mass is 16.3. The monoisotopic (exact) mass is 278 g/mol. The van der Waals surface area contributed by atoms with Gasteiger partial charge in [0.25, 0.3) is 0 Å². The Bertz CT molecular complexity index is 417. The van der Waals surface area contributed by atoms with Gasteiger partial charge in [-0.3, -0.25) is 4.90 Å². The van der Waals surface area contributed by atoms with Gasteiger partial charge in [-0.2, -0.15) is 0 Å². The molecule has 0 aromatic heterocycles. The first-order chi connectivity index (χ1) is 9.74. The molecule has 112 valence electrons. The fraction of sp³-hybridized carbons (Fsp3) is 0.625. The van der Waals surface area contributed by atoms with Gasteiger partial charge >= 0.3 is 0 Å². The van der Waals surface area contributed by atoms with Crippen molar-refractivity contribution < 1.29 is 10.2 Å². The SMILES string of the molecule is CC(Cc1ccc2c(c1)CCCN2)N(CCO)CCO. The van der Waals surface area contributed by atoms with Crippen LogP contribution in [0.25, 0.3) is 0 Å². The summed E-state index contributed by atoms with van der Waals surface area (Å²) in [6.45, 7) is 4.74. The predicted octanol–water partition coefficient (Wildman–Crippen LogP) is 1.26. The second kappa shape index (κ2) is 7.62. The molecular formula is C16H26N2O2. The molecule has 1 aliphatic heterocycles. The minimum atomic E-state index is 0.137. The van der Waals surface area contributed by atoms with E-state index in [4.69, 9.17) is 10.2 Å². The van der Waals surface area contributed by atoms with Crippen LogP contribution >= 0.6 is 0 Å². The van der Waals surface area contributed by atoms with Gasteiger partial charge in [-0.1, -0.05) is 12.1 Å². The molecule has 1 aromatic carbocycles. The van der Waals surface area contributed by atoms with Crippen LogP contribution in [0.2, 0.25) is 0 Å². The average molecular weight is 278 g/mol. The van der Waals surface area contributed by atoms with Crippen LogP contribution in [0.3, 0.4) is 0 Å². The van der Waals surface area contributed by atoms with Crippen molar-refractivity contribution in [3.63, 3.8) is 0 Å². The van der Waals surface area contributed by atoms with Crippen molar-refractivity contribution in [1.82, 2.24) is 4.90 Å². The smallest absolute Gasteiger partial charge is 0.0558 e. The zero-order chi connectivity index (χ0) is 14.4. The second-order valence-corrected chi connectivity index (χ2v) is 5.56. The van der Waals surface area contributed by atoms with E-state index in [2.05, 4.69) is 35.3 Å². The first-order valence-corrected chi connectivity index (χ1v) is 7.56. The average Bonchev–Trinajstić information content (AvgIpc) is 2.47. The van der Waals surface area contributed by atoms with Gasteiger partial charge in [0.2, 0.25) is 0 Å². The number of nitrogens with zero attached hydrogens (tertiary/aromatic N) is 1. The molecule has 0 bridgehead atoms. The molecule has 20 heavy (non-hydrogen) atoms. The molecule has 1 aromatic rings. The molecule has 3 N–H and O–H groups in total. The lowest BCUT2D eigenvalue weighted by Crippen LogP contribution is -2.38. The van der Waals surface area contributed by atoms with Crippen molar-refractivity contribution in [2.45, 2.75) is 32.2 Å². The van der Waals surface area contributed by atoms with Crippen molar-refractivity contribution in [2.75, 3.05) is 38.2 Å².